The molecule has 0 saturated heterocycles. The van der Waals surface area contributed by atoms with Gasteiger partial charge < -0.3 is 25.7 Å². The maximum atomic E-state index is 12.9. The van der Waals surface area contributed by atoms with Crippen LogP contribution >= 0.6 is 23.1 Å². The summed E-state index contributed by atoms with van der Waals surface area (Å²) < 4.78 is 5.83. The van der Waals surface area contributed by atoms with Crippen molar-refractivity contribution >= 4 is 51.4 Å². The molecule has 0 aliphatic carbocycles. The van der Waals surface area contributed by atoms with Crippen molar-refractivity contribution in [2.45, 2.75) is 24.8 Å². The van der Waals surface area contributed by atoms with Crippen molar-refractivity contribution in [3.8, 4) is 16.2 Å². The number of carbonyl (C=O) groups is 1. The van der Waals surface area contributed by atoms with Gasteiger partial charge in [0.2, 0.25) is 0 Å². The van der Waals surface area contributed by atoms with E-state index in [-0.39, 0.29) is 5.91 Å². The summed E-state index contributed by atoms with van der Waals surface area (Å²) in [4.78, 5) is 24.1. The molecular weight excluding hydrogens is 539 g/mol. The molecule has 0 saturated carbocycles. The summed E-state index contributed by atoms with van der Waals surface area (Å²) in [6.45, 7) is 5.50. The number of aromatic nitrogens is 2. The fourth-order valence-corrected chi connectivity index (χ4v) is 5.39. The SMILES string of the molecule is CC.CN(C)CCOc1ccc2nc(SCc3ccc(C(=O)Nc4cc(-c5cccs5)ccc4N)cc3)[nH]c2c1. The van der Waals surface area contributed by atoms with Crippen LogP contribution in [0.15, 0.2) is 83.3 Å². The van der Waals surface area contributed by atoms with E-state index in [0.29, 0.717) is 23.5 Å². The Kier molecular flexibility index (Phi) is 10.2. The Balaban J connectivity index is 0.00000181. The highest BCUT2D eigenvalue weighted by Gasteiger charge is 2.11. The number of hydrogen-bond donors (Lipinski definition) is 3. The summed E-state index contributed by atoms with van der Waals surface area (Å²) in [5.41, 5.74) is 11.8. The summed E-state index contributed by atoms with van der Waals surface area (Å²) in [6.07, 6.45) is 0. The zero-order valence-electron chi connectivity index (χ0n) is 23.2. The van der Waals surface area contributed by atoms with Gasteiger partial charge in [-0.3, -0.25) is 4.79 Å². The number of ether oxygens (including phenoxy) is 1. The molecule has 2 aromatic heterocycles. The highest BCUT2D eigenvalue weighted by Crippen LogP contribution is 2.31. The molecule has 0 aliphatic heterocycles. The van der Waals surface area contributed by atoms with E-state index in [2.05, 4.69) is 20.2 Å². The number of thiophene rings is 1. The minimum Gasteiger partial charge on any atom is -0.492 e. The molecule has 0 atom stereocenters. The standard InChI is InChI=1S/C29H29N5O2S2.C2H6/c1-34(2)13-14-36-22-10-12-24-26(17-22)33-29(32-24)38-18-19-5-7-20(8-6-19)28(35)31-25-16-21(9-11-23(25)30)27-4-3-15-37-27;1-2/h3-12,15-17H,13-14,18,30H2,1-2H3,(H,31,35)(H,32,33);1-2H3. The molecule has 5 rings (SSSR count). The molecule has 1 amide bonds. The smallest absolute Gasteiger partial charge is 0.255 e. The largest absolute Gasteiger partial charge is 0.492 e. The first-order valence-electron chi connectivity index (χ1n) is 13.2. The number of aromatic amines is 1. The number of rotatable bonds is 10. The molecule has 0 bridgehead atoms. The quantitative estimate of drug-likeness (QED) is 0.119. The van der Waals surface area contributed by atoms with Gasteiger partial charge in [-0.1, -0.05) is 49.9 Å². The monoisotopic (exact) mass is 573 g/mol. The molecule has 40 heavy (non-hydrogen) atoms. The number of nitrogens with one attached hydrogen (secondary N) is 2. The van der Waals surface area contributed by atoms with E-state index in [0.717, 1.165) is 50.2 Å². The summed E-state index contributed by atoms with van der Waals surface area (Å²) in [5.74, 6) is 1.36. The number of nitrogens with two attached hydrogens (primary N) is 1. The first-order valence-corrected chi connectivity index (χ1v) is 15.0. The highest BCUT2D eigenvalue weighted by atomic mass is 32.2. The van der Waals surface area contributed by atoms with Gasteiger partial charge in [-0.2, -0.15) is 0 Å². The normalized spacial score (nSPS) is 10.8. The Bertz CT molecular complexity index is 1530. The lowest BCUT2D eigenvalue weighted by atomic mass is 10.1. The fourth-order valence-electron chi connectivity index (χ4n) is 3.83. The summed E-state index contributed by atoms with van der Waals surface area (Å²) in [5, 5.41) is 5.82. The molecule has 7 nitrogen and oxygen atoms in total. The fraction of sp³-hybridized carbons (Fsp3) is 0.226. The van der Waals surface area contributed by atoms with E-state index in [9.17, 15) is 4.79 Å². The Labute approximate surface area is 243 Å². The first-order chi connectivity index (χ1) is 19.4. The predicted octanol–water partition coefficient (Wildman–Crippen LogP) is 7.38. The maximum absolute atomic E-state index is 12.9. The second kappa shape index (κ2) is 14.0. The molecule has 3 aromatic carbocycles. The first kappa shape index (κ1) is 29.2. The molecule has 4 N–H and O–H groups in total. The number of nitrogen functional groups attached to an aromatic ring is 1. The molecule has 9 heteroatoms. The third-order valence-electron chi connectivity index (χ3n) is 5.94. The maximum Gasteiger partial charge on any atom is 0.255 e. The van der Waals surface area contributed by atoms with Crippen LogP contribution in [0, 0.1) is 0 Å². The molecule has 0 spiro atoms. The molecule has 208 valence electrons. The lowest BCUT2D eigenvalue weighted by Gasteiger charge is -2.10. The van der Waals surface area contributed by atoms with Crippen LogP contribution in [-0.4, -0.2) is 48.0 Å². The van der Waals surface area contributed by atoms with Gasteiger partial charge in [0, 0.05) is 28.8 Å². The van der Waals surface area contributed by atoms with Crippen LogP contribution in [-0.2, 0) is 5.75 Å². The van der Waals surface area contributed by atoms with Crippen LogP contribution in [0.1, 0.15) is 29.8 Å². The van der Waals surface area contributed by atoms with E-state index >= 15 is 0 Å². The summed E-state index contributed by atoms with van der Waals surface area (Å²) >= 11 is 3.26. The van der Waals surface area contributed by atoms with Crippen LogP contribution in [0.4, 0.5) is 11.4 Å². The third kappa shape index (κ3) is 7.65. The Morgan fingerprint density at radius 1 is 1.07 bits per heavy atom. The van der Waals surface area contributed by atoms with Crippen molar-refractivity contribution < 1.29 is 9.53 Å². The number of imidazole rings is 1. The van der Waals surface area contributed by atoms with E-state index in [1.807, 2.05) is 106 Å². The molecule has 0 unspecified atom stereocenters. The number of benzene rings is 3. The minimum atomic E-state index is -0.194. The molecule has 5 aromatic rings. The van der Waals surface area contributed by atoms with E-state index < -0.39 is 0 Å². The highest BCUT2D eigenvalue weighted by molar-refractivity contribution is 7.98. The lowest BCUT2D eigenvalue weighted by molar-refractivity contribution is 0.102. The number of carbonyl (C=O) groups excluding carboxylic acids is 1. The van der Waals surface area contributed by atoms with Crippen molar-refractivity contribution in [3.05, 3.63) is 89.3 Å². The van der Waals surface area contributed by atoms with Gasteiger partial charge in [0.25, 0.3) is 5.91 Å². The third-order valence-corrected chi connectivity index (χ3v) is 7.80. The zero-order chi connectivity index (χ0) is 28.5. The Morgan fingerprint density at radius 2 is 1.88 bits per heavy atom. The zero-order valence-corrected chi connectivity index (χ0v) is 24.9. The predicted molar refractivity (Wildman–Crippen MR) is 170 cm³/mol. The van der Waals surface area contributed by atoms with Gasteiger partial charge >= 0.3 is 0 Å². The number of amides is 1. The lowest BCUT2D eigenvalue weighted by Crippen LogP contribution is -2.19. The number of anilines is 2. The second-order valence-electron chi connectivity index (χ2n) is 9.09. The van der Waals surface area contributed by atoms with Gasteiger partial charge in [0.1, 0.15) is 12.4 Å². The van der Waals surface area contributed by atoms with Crippen LogP contribution < -0.4 is 15.8 Å². The van der Waals surface area contributed by atoms with Gasteiger partial charge in [0.15, 0.2) is 5.16 Å². The Morgan fingerprint density at radius 3 is 2.60 bits per heavy atom. The van der Waals surface area contributed by atoms with Crippen LogP contribution in [0.5, 0.6) is 5.75 Å². The van der Waals surface area contributed by atoms with Gasteiger partial charge in [-0.15, -0.1) is 11.3 Å². The Hall–Kier alpha value is -3.79. The average Bonchev–Trinajstić information content (AvgIpc) is 3.64. The number of thioether (sulfide) groups is 1. The van der Waals surface area contributed by atoms with Crippen molar-refractivity contribution in [2.75, 3.05) is 38.3 Å². The molecular formula is C31H35N5O2S2. The number of fused-ring (bicyclic) bond motifs is 1. The molecule has 0 radical (unpaired) electrons. The second-order valence-corrected chi connectivity index (χ2v) is 11.0. The molecule has 0 aliphatic rings. The molecule has 0 fully saturated rings. The van der Waals surface area contributed by atoms with Crippen molar-refractivity contribution in [3.63, 3.8) is 0 Å². The van der Waals surface area contributed by atoms with Crippen molar-refractivity contribution in [1.82, 2.24) is 14.9 Å². The van der Waals surface area contributed by atoms with Gasteiger partial charge in [-0.25, -0.2) is 4.98 Å². The molecule has 2 heterocycles. The summed E-state index contributed by atoms with van der Waals surface area (Å²) in [7, 11) is 4.05. The van der Waals surface area contributed by atoms with Gasteiger partial charge in [0.05, 0.1) is 22.4 Å². The van der Waals surface area contributed by atoms with Crippen LogP contribution in [0.2, 0.25) is 0 Å². The number of likely N-dealkylation sites (N-methyl/N-ethyl adjacent to an activating group) is 1. The van der Waals surface area contributed by atoms with Crippen molar-refractivity contribution in [1.29, 1.82) is 0 Å². The number of H-pyrrole nitrogens is 1. The van der Waals surface area contributed by atoms with E-state index in [4.69, 9.17) is 10.5 Å². The average molecular weight is 574 g/mol. The number of hydrogen-bond acceptors (Lipinski definition) is 7. The number of nitrogens with zero attached hydrogens (tertiary/aromatic N) is 2. The van der Waals surface area contributed by atoms with Crippen LogP contribution in [0.25, 0.3) is 21.5 Å². The van der Waals surface area contributed by atoms with Crippen LogP contribution in [0.3, 0.4) is 0 Å². The van der Waals surface area contributed by atoms with E-state index in [1.54, 1.807) is 23.1 Å². The van der Waals surface area contributed by atoms with Crippen molar-refractivity contribution in [2.24, 2.45) is 0 Å². The van der Waals surface area contributed by atoms with E-state index in [1.165, 1.54) is 0 Å². The van der Waals surface area contributed by atoms with Gasteiger partial charge in [-0.05, 0) is 73.1 Å². The minimum absolute atomic E-state index is 0.194. The topological polar surface area (TPSA) is 96.3 Å². The summed E-state index contributed by atoms with van der Waals surface area (Å²) in [6, 6.07) is 23.2.